The zero-order valence-corrected chi connectivity index (χ0v) is 45.8. The van der Waals surface area contributed by atoms with Crippen LogP contribution >= 0.6 is 0 Å². The van der Waals surface area contributed by atoms with Crippen molar-refractivity contribution < 1.29 is 0 Å². The van der Waals surface area contributed by atoms with E-state index in [1.54, 1.807) is 0 Å². The first kappa shape index (κ1) is 46.8. The minimum Gasteiger partial charge on any atom is -0.310 e. The predicted octanol–water partition coefficient (Wildman–Crippen LogP) is 20.7. The maximum absolute atomic E-state index is 2.55. The zero-order valence-electron chi connectivity index (χ0n) is 45.8. The summed E-state index contributed by atoms with van der Waals surface area (Å²) in [6, 6.07) is 92.9. The lowest BCUT2D eigenvalue weighted by molar-refractivity contribution is 0.660. The first-order chi connectivity index (χ1) is 39.2. The number of anilines is 6. The van der Waals surface area contributed by atoms with E-state index in [0.29, 0.717) is 0 Å². The summed E-state index contributed by atoms with van der Waals surface area (Å²) in [5, 5.41) is 4.92. The van der Waals surface area contributed by atoms with E-state index < -0.39 is 0 Å². The summed E-state index contributed by atoms with van der Waals surface area (Å²) in [4.78, 5) is 5.09. The van der Waals surface area contributed by atoms with Crippen LogP contribution in [0.3, 0.4) is 0 Å². The van der Waals surface area contributed by atoms with Gasteiger partial charge in [-0.05, 0) is 208 Å². The normalized spacial score (nSPS) is 14.9. The fourth-order valence-corrected chi connectivity index (χ4v) is 14.9. The highest BCUT2D eigenvalue weighted by Gasteiger charge is 2.38. The highest BCUT2D eigenvalue weighted by molar-refractivity contribution is 6.24. The second-order valence-electron chi connectivity index (χ2n) is 23.8. The highest BCUT2D eigenvalue weighted by atomic mass is 15.2. The van der Waals surface area contributed by atoms with Crippen molar-refractivity contribution in [3.63, 3.8) is 0 Å². The second-order valence-corrected chi connectivity index (χ2v) is 23.8. The molecule has 382 valence electrons. The lowest BCUT2D eigenvalue weighted by Crippen LogP contribution is -2.15. The standard InChI is InChI=1S/C78H60N2/c1-77(2)67-27-13-11-24-58(67)60-41-37-53(45-69(60)77)57-23-9-10-26-62(57)76-64-44-40-55(79-71-29-15-5-19-49(71)33-34-50-20-6-16-30-72(50)79)47-65(64)75(54-38-42-61-59-25-12-14-28-68(59)78(3,4)70(61)46-54)63-43-39-56(48-66(63)76)80-73-31-17-7-21-51(73)35-36-52-22-8-18-32-74(52)80/h5-32,37-48H,33-36H2,1-4H3. The minimum atomic E-state index is -0.177. The lowest BCUT2D eigenvalue weighted by Gasteiger charge is -2.30. The molecule has 0 unspecified atom stereocenters. The predicted molar refractivity (Wildman–Crippen MR) is 337 cm³/mol. The molecule has 12 aromatic carbocycles. The molecular weight excluding hydrogens is 965 g/mol. The molecule has 2 nitrogen and oxygen atoms in total. The Morgan fingerprint density at radius 3 is 1.09 bits per heavy atom. The molecule has 4 aliphatic rings. The fraction of sp³-hybridized carbons (Fsp3) is 0.128. The van der Waals surface area contributed by atoms with Crippen LogP contribution in [0.1, 0.15) is 72.2 Å². The Bertz CT molecular complexity index is 4470. The number of hydrogen-bond donors (Lipinski definition) is 0. The van der Waals surface area contributed by atoms with Gasteiger partial charge in [0, 0.05) is 45.0 Å². The Morgan fingerprint density at radius 1 is 0.263 bits per heavy atom. The zero-order chi connectivity index (χ0) is 53.4. The fourth-order valence-electron chi connectivity index (χ4n) is 14.9. The number of para-hydroxylation sites is 4. The highest BCUT2D eigenvalue weighted by Crippen LogP contribution is 2.56. The molecule has 80 heavy (non-hydrogen) atoms. The summed E-state index contributed by atoms with van der Waals surface area (Å²) in [7, 11) is 0. The Kier molecular flexibility index (Phi) is 10.3. The molecule has 2 heteroatoms. The SMILES string of the molecule is CC1(C)c2ccccc2-c2ccc(-c3ccccc3-c3c4ccc(N5c6ccccc6CCc6ccccc65)cc4c(-c4ccc5c(c4)C(C)(C)c4ccccc4-5)c4ccc(N5c6ccccc6CCc6ccccc65)cc34)cc21. The summed E-state index contributed by atoms with van der Waals surface area (Å²) in [6.07, 6.45) is 3.95. The maximum atomic E-state index is 2.55. The Hall–Kier alpha value is -9.24. The molecule has 2 aliphatic carbocycles. The molecule has 0 radical (unpaired) electrons. The molecule has 0 fully saturated rings. The smallest absolute Gasteiger partial charge is 0.0493 e. The molecule has 0 aromatic heterocycles. The molecule has 0 amide bonds. The van der Waals surface area contributed by atoms with Gasteiger partial charge in [0.15, 0.2) is 0 Å². The molecule has 2 aliphatic heterocycles. The molecule has 0 saturated carbocycles. The number of benzene rings is 12. The number of fused-ring (bicyclic) bond motifs is 12. The molecule has 2 heterocycles. The van der Waals surface area contributed by atoms with Gasteiger partial charge in [-0.2, -0.15) is 0 Å². The summed E-state index contributed by atoms with van der Waals surface area (Å²) in [5.41, 5.74) is 30.7. The van der Waals surface area contributed by atoms with Crippen LogP contribution in [0, 0.1) is 0 Å². The molecule has 0 atom stereocenters. The Balaban J connectivity index is 1.02. The van der Waals surface area contributed by atoms with Crippen LogP contribution in [-0.4, -0.2) is 0 Å². The first-order valence-corrected chi connectivity index (χ1v) is 28.7. The summed E-state index contributed by atoms with van der Waals surface area (Å²) in [5.74, 6) is 0. The maximum Gasteiger partial charge on any atom is 0.0493 e. The van der Waals surface area contributed by atoms with Crippen LogP contribution < -0.4 is 9.80 Å². The van der Waals surface area contributed by atoms with Gasteiger partial charge in [-0.25, -0.2) is 0 Å². The van der Waals surface area contributed by atoms with Crippen LogP contribution in [0.25, 0.3) is 77.2 Å². The van der Waals surface area contributed by atoms with Crippen LogP contribution in [0.2, 0.25) is 0 Å². The van der Waals surface area contributed by atoms with Crippen molar-refractivity contribution in [2.24, 2.45) is 0 Å². The van der Waals surface area contributed by atoms with Gasteiger partial charge >= 0.3 is 0 Å². The topological polar surface area (TPSA) is 6.48 Å². The molecule has 12 aromatic rings. The van der Waals surface area contributed by atoms with Gasteiger partial charge < -0.3 is 9.80 Å². The van der Waals surface area contributed by atoms with Crippen LogP contribution in [0.5, 0.6) is 0 Å². The van der Waals surface area contributed by atoms with Crippen molar-refractivity contribution in [3.05, 3.63) is 287 Å². The lowest BCUT2D eigenvalue weighted by atomic mass is 9.79. The van der Waals surface area contributed by atoms with Gasteiger partial charge in [0.1, 0.15) is 0 Å². The monoisotopic (exact) mass is 1020 g/mol. The second kappa shape index (κ2) is 17.6. The first-order valence-electron chi connectivity index (χ1n) is 28.7. The van der Waals surface area contributed by atoms with Crippen molar-refractivity contribution in [1.82, 2.24) is 0 Å². The molecule has 0 saturated heterocycles. The Labute approximate surface area is 469 Å². The van der Waals surface area contributed by atoms with Crippen LogP contribution in [0.4, 0.5) is 34.1 Å². The van der Waals surface area contributed by atoms with Crippen LogP contribution in [0.15, 0.2) is 243 Å². The molecule has 0 spiro atoms. The molecular formula is C78H60N2. The largest absolute Gasteiger partial charge is 0.310 e. The van der Waals surface area contributed by atoms with E-state index >= 15 is 0 Å². The van der Waals surface area contributed by atoms with Crippen molar-refractivity contribution >= 4 is 55.7 Å². The van der Waals surface area contributed by atoms with Gasteiger partial charge in [-0.3, -0.25) is 0 Å². The van der Waals surface area contributed by atoms with Crippen LogP contribution in [-0.2, 0) is 36.5 Å². The quantitative estimate of drug-likeness (QED) is 0.159. The van der Waals surface area contributed by atoms with Crippen molar-refractivity contribution in [3.8, 4) is 55.6 Å². The van der Waals surface area contributed by atoms with E-state index in [9.17, 15) is 0 Å². The summed E-state index contributed by atoms with van der Waals surface area (Å²) < 4.78 is 0. The van der Waals surface area contributed by atoms with E-state index in [-0.39, 0.29) is 10.8 Å². The van der Waals surface area contributed by atoms with E-state index in [1.165, 1.54) is 144 Å². The molecule has 0 bridgehead atoms. The van der Waals surface area contributed by atoms with Crippen molar-refractivity contribution in [2.75, 3.05) is 9.80 Å². The van der Waals surface area contributed by atoms with Gasteiger partial charge in [-0.15, -0.1) is 0 Å². The third kappa shape index (κ3) is 6.91. The number of aryl methyl sites for hydroxylation is 4. The van der Waals surface area contributed by atoms with E-state index in [1.807, 2.05) is 0 Å². The molecule has 0 N–H and O–H groups in total. The van der Waals surface area contributed by atoms with E-state index in [4.69, 9.17) is 0 Å². The van der Waals surface area contributed by atoms with Gasteiger partial charge in [0.2, 0.25) is 0 Å². The third-order valence-electron chi connectivity index (χ3n) is 18.8. The van der Waals surface area contributed by atoms with E-state index in [0.717, 1.165) is 37.1 Å². The van der Waals surface area contributed by atoms with E-state index in [2.05, 4.69) is 280 Å². The van der Waals surface area contributed by atoms with Crippen molar-refractivity contribution in [2.45, 2.75) is 64.2 Å². The average molecular weight is 1030 g/mol. The van der Waals surface area contributed by atoms with Gasteiger partial charge in [0.25, 0.3) is 0 Å². The Morgan fingerprint density at radius 2 is 0.613 bits per heavy atom. The number of nitrogens with zero attached hydrogens (tertiary/aromatic N) is 2. The van der Waals surface area contributed by atoms with Gasteiger partial charge in [-0.1, -0.05) is 210 Å². The number of hydrogen-bond acceptors (Lipinski definition) is 2. The average Bonchev–Trinajstić information content (AvgIpc) is 3.76. The third-order valence-corrected chi connectivity index (χ3v) is 18.8. The van der Waals surface area contributed by atoms with Crippen molar-refractivity contribution in [1.29, 1.82) is 0 Å². The number of rotatable bonds is 5. The van der Waals surface area contributed by atoms with Gasteiger partial charge in [0.05, 0.1) is 0 Å². The minimum absolute atomic E-state index is 0.140. The summed E-state index contributed by atoms with van der Waals surface area (Å²) in [6.45, 7) is 9.61. The summed E-state index contributed by atoms with van der Waals surface area (Å²) >= 11 is 0. The molecule has 16 rings (SSSR count).